The van der Waals surface area contributed by atoms with Crippen LogP contribution in [0, 0.1) is 18.3 Å². The quantitative estimate of drug-likeness (QED) is 0.0468. The Morgan fingerprint density at radius 3 is 1.97 bits per heavy atom. The molecule has 4 aromatic carbocycles. The van der Waals surface area contributed by atoms with Crippen molar-refractivity contribution in [2.45, 2.75) is 89.7 Å². The molecule has 16 nitrogen and oxygen atoms in total. The zero-order chi connectivity index (χ0) is 49.0. The van der Waals surface area contributed by atoms with Crippen LogP contribution in [0.5, 0.6) is 11.5 Å². The van der Waals surface area contributed by atoms with Crippen molar-refractivity contribution < 1.29 is 42.7 Å². The third kappa shape index (κ3) is 11.6. The van der Waals surface area contributed by atoms with Gasteiger partial charge in [-0.2, -0.15) is 0 Å². The molecule has 1 fully saturated rings. The molecule has 362 valence electrons. The molecule has 1 aliphatic heterocycles. The zero-order valence-corrected chi connectivity index (χ0v) is 40.9. The number of nitriles is 1. The number of nitrogens with zero attached hydrogens (tertiary/aromatic N) is 4. The van der Waals surface area contributed by atoms with Crippen molar-refractivity contribution in [1.29, 1.82) is 5.26 Å². The average Bonchev–Trinajstić information content (AvgIpc) is 3.67. The molecule has 6 rings (SSSR count). The molecule has 2 amide bonds. The van der Waals surface area contributed by atoms with Gasteiger partial charge in [-0.3, -0.25) is 0 Å². The fraction of sp³-hybridized carbons (Fsp3) is 0.392. The molecule has 0 saturated carbocycles. The SMILES string of the molecule is CNC(=O)CCO[C@@H]1[C@H](O[PH](O)(CCC#N)N(C(C)C)C(C)C)[C@@H](COC(c2ccccc2)(c2ccc(OC)cc2)c2ccc(OC)cc2)O[C@H]1n1cc(C)c(NC(=O)c2ccccc2)nc1=O. The second-order valence-corrected chi connectivity index (χ2v) is 19.7. The zero-order valence-electron chi connectivity index (χ0n) is 39.9. The van der Waals surface area contributed by atoms with Gasteiger partial charge in [-0.05, 0) is 0 Å². The van der Waals surface area contributed by atoms with E-state index in [1.54, 1.807) is 51.5 Å². The second-order valence-electron chi connectivity index (χ2n) is 17.0. The van der Waals surface area contributed by atoms with Crippen LogP contribution in [0.3, 0.4) is 0 Å². The third-order valence-electron chi connectivity index (χ3n) is 11.9. The number of aromatic nitrogens is 2. The summed E-state index contributed by atoms with van der Waals surface area (Å²) in [6.07, 6.45) is -3.17. The van der Waals surface area contributed by atoms with Crippen LogP contribution >= 0.6 is 7.87 Å². The number of benzene rings is 4. The van der Waals surface area contributed by atoms with Crippen molar-refractivity contribution in [1.82, 2.24) is 19.5 Å². The predicted octanol–water partition coefficient (Wildman–Crippen LogP) is 7.15. The first kappa shape index (κ1) is 51.4. The van der Waals surface area contributed by atoms with Crippen molar-refractivity contribution in [2.24, 2.45) is 0 Å². The van der Waals surface area contributed by atoms with E-state index in [0.717, 1.165) is 16.7 Å². The predicted molar refractivity (Wildman–Crippen MR) is 261 cm³/mol. The van der Waals surface area contributed by atoms with Gasteiger partial charge in [-0.15, -0.1) is 0 Å². The number of aryl methyl sites for hydroxylation is 1. The Bertz CT molecular complexity index is 2480. The number of anilines is 1. The van der Waals surface area contributed by atoms with Gasteiger partial charge in [-0.1, -0.05) is 18.2 Å². The van der Waals surface area contributed by atoms with Crippen LogP contribution < -0.4 is 25.8 Å². The Labute approximate surface area is 398 Å². The molecule has 17 heteroatoms. The van der Waals surface area contributed by atoms with Crippen molar-refractivity contribution in [2.75, 3.05) is 46.0 Å². The molecular weight excluding hydrogens is 888 g/mol. The van der Waals surface area contributed by atoms with Gasteiger partial charge in [0.05, 0.1) is 0 Å². The minimum atomic E-state index is -4.11. The summed E-state index contributed by atoms with van der Waals surface area (Å²) in [5.41, 5.74) is 0.991. The molecule has 1 aromatic heterocycles. The van der Waals surface area contributed by atoms with Crippen LogP contribution in [0.4, 0.5) is 5.82 Å². The third-order valence-corrected chi connectivity index (χ3v) is 15.3. The van der Waals surface area contributed by atoms with Crippen LogP contribution in [-0.2, 0) is 29.1 Å². The molecular formula is C51H63N6O10P. The van der Waals surface area contributed by atoms with Crippen LogP contribution in [0.1, 0.15) is 79.4 Å². The molecule has 5 aromatic rings. The number of rotatable bonds is 22. The van der Waals surface area contributed by atoms with Crippen LogP contribution in [0.2, 0.25) is 0 Å². The molecule has 0 unspecified atom stereocenters. The monoisotopic (exact) mass is 950 g/mol. The van der Waals surface area contributed by atoms with E-state index in [0.29, 0.717) is 22.6 Å². The summed E-state index contributed by atoms with van der Waals surface area (Å²) >= 11 is 0. The van der Waals surface area contributed by atoms with Crippen LogP contribution in [-0.4, -0.2) is 102 Å². The molecule has 2 heterocycles. The number of nitrogens with one attached hydrogen (secondary N) is 2. The first-order chi connectivity index (χ1) is 32.7. The van der Waals surface area contributed by atoms with E-state index in [2.05, 4.69) is 21.7 Å². The summed E-state index contributed by atoms with van der Waals surface area (Å²) < 4.78 is 42.3. The standard InChI is InChI=1S/C51H63N6O10P/c1-34(2)57(35(3)4)68(61,31-15-29-52)67-45-43(33-65-51(38-18-13-10-14-19-38,39-20-24-41(62-7)25-21-39)40-22-26-42(63-8)27-23-40)66-49(46(45)64-30-28-44(58)53-6)56-32-36(5)47(55-50(56)60)54-48(59)37-16-11-9-12-17-37/h9-14,16-27,32,34-35,43,45-46,49,61,68H,15,28,30-31,33H2,1-8H3,(H,53,58)(H,54,55,59,60)/t43-,45-,46-,49-/m1/s1. The second kappa shape index (κ2) is 23.3. The average molecular weight is 951 g/mol. The van der Waals surface area contributed by atoms with Gasteiger partial charge in [0, 0.05) is 0 Å². The Morgan fingerprint density at radius 1 is 0.882 bits per heavy atom. The summed E-state index contributed by atoms with van der Waals surface area (Å²) in [6.45, 7) is 9.16. The van der Waals surface area contributed by atoms with Gasteiger partial charge in [0.2, 0.25) is 0 Å². The molecule has 4 atom stereocenters. The number of methoxy groups -OCH3 is 2. The number of ether oxygens (including phenoxy) is 5. The Morgan fingerprint density at radius 2 is 1.44 bits per heavy atom. The summed E-state index contributed by atoms with van der Waals surface area (Å²) in [5.74, 6) is 0.590. The summed E-state index contributed by atoms with van der Waals surface area (Å²) in [5, 5.41) is 15.3. The Balaban J connectivity index is 1.53. The molecule has 0 aliphatic carbocycles. The normalized spacial score (nSPS) is 17.5. The fourth-order valence-corrected chi connectivity index (χ4v) is 12.1. The van der Waals surface area contributed by atoms with Gasteiger partial charge in [0.1, 0.15) is 0 Å². The number of hydrogen-bond donors (Lipinski definition) is 3. The van der Waals surface area contributed by atoms with Crippen molar-refractivity contribution in [3.8, 4) is 17.6 Å². The van der Waals surface area contributed by atoms with Gasteiger partial charge in [0.25, 0.3) is 0 Å². The number of hydrogen-bond acceptors (Lipinski definition) is 13. The number of carbonyl (C=O) groups is 2. The number of amides is 2. The Hall–Kier alpha value is -6.02. The van der Waals surface area contributed by atoms with E-state index < -0.39 is 49.6 Å². The van der Waals surface area contributed by atoms with Crippen LogP contribution in [0.15, 0.2) is 120 Å². The van der Waals surface area contributed by atoms with Crippen molar-refractivity contribution in [3.63, 3.8) is 0 Å². The number of carbonyl (C=O) groups excluding carboxylic acids is 2. The van der Waals surface area contributed by atoms with Gasteiger partial charge in [-0.25, -0.2) is 0 Å². The topological polar surface area (TPSA) is 196 Å². The van der Waals surface area contributed by atoms with Crippen molar-refractivity contribution >= 4 is 25.5 Å². The maximum atomic E-state index is 14.3. The molecule has 0 bridgehead atoms. The fourth-order valence-electron chi connectivity index (χ4n) is 8.81. The van der Waals surface area contributed by atoms with E-state index in [4.69, 9.17) is 28.2 Å². The first-order valence-corrected chi connectivity index (χ1v) is 24.7. The molecule has 0 spiro atoms. The van der Waals surface area contributed by atoms with Gasteiger partial charge < -0.3 is 0 Å². The molecule has 3 N–H and O–H groups in total. The maximum absolute atomic E-state index is 14.3. The first-order valence-electron chi connectivity index (χ1n) is 22.7. The summed E-state index contributed by atoms with van der Waals surface area (Å²) in [7, 11) is 0.604. The van der Waals surface area contributed by atoms with E-state index in [1.165, 1.54) is 17.8 Å². The van der Waals surface area contributed by atoms with Crippen LogP contribution in [0.25, 0.3) is 0 Å². The molecule has 68 heavy (non-hydrogen) atoms. The van der Waals surface area contributed by atoms with E-state index >= 15 is 0 Å². The van der Waals surface area contributed by atoms with E-state index in [9.17, 15) is 24.5 Å². The Kier molecular flexibility index (Phi) is 17.6. The molecule has 1 aliphatic rings. The van der Waals surface area contributed by atoms with Gasteiger partial charge in [0.15, 0.2) is 0 Å². The summed E-state index contributed by atoms with van der Waals surface area (Å²) in [4.78, 5) is 57.4. The van der Waals surface area contributed by atoms with E-state index in [-0.39, 0.29) is 56.0 Å². The van der Waals surface area contributed by atoms with Gasteiger partial charge >= 0.3 is 382 Å². The molecule has 0 radical (unpaired) electrons. The van der Waals surface area contributed by atoms with E-state index in [1.807, 2.05) is 111 Å². The summed E-state index contributed by atoms with van der Waals surface area (Å²) in [6, 6.07) is 35.1. The molecule has 1 saturated heterocycles. The van der Waals surface area contributed by atoms with Crippen molar-refractivity contribution in [3.05, 3.63) is 154 Å². The minimum absolute atomic E-state index is 0.0101.